The average molecular weight is 335 g/mol. The van der Waals surface area contributed by atoms with Crippen LogP contribution in [0, 0.1) is 11.7 Å². The summed E-state index contributed by atoms with van der Waals surface area (Å²) in [6.07, 6.45) is 1.05. The Hall–Kier alpha value is -0.350. The number of halogens is 3. The first kappa shape index (κ1) is 18.7. The molecule has 0 radical (unpaired) electrons. The van der Waals surface area contributed by atoms with Crippen LogP contribution in [0.2, 0.25) is 10.0 Å². The van der Waals surface area contributed by atoms with Gasteiger partial charge in [0, 0.05) is 23.7 Å². The van der Waals surface area contributed by atoms with Crippen molar-refractivity contribution in [2.24, 2.45) is 5.92 Å². The Labute approximate surface area is 137 Å². The molecule has 1 aromatic rings. The third-order valence-electron chi connectivity index (χ3n) is 3.33. The van der Waals surface area contributed by atoms with Gasteiger partial charge in [0.2, 0.25) is 0 Å². The molecule has 0 heterocycles. The van der Waals surface area contributed by atoms with Crippen LogP contribution in [0.3, 0.4) is 0 Å². The zero-order chi connectivity index (χ0) is 16.2. The molecule has 5 heteroatoms. The van der Waals surface area contributed by atoms with Crippen molar-refractivity contribution in [3.63, 3.8) is 0 Å². The fraction of sp³-hybridized carbons (Fsp3) is 0.625. The number of benzene rings is 1. The Morgan fingerprint density at radius 2 is 1.76 bits per heavy atom. The Kier molecular flexibility index (Phi) is 7.41. The van der Waals surface area contributed by atoms with Crippen LogP contribution < -0.4 is 5.32 Å². The second-order valence-electron chi connectivity index (χ2n) is 6.26. The monoisotopic (exact) mass is 334 g/mol. The van der Waals surface area contributed by atoms with Crippen molar-refractivity contribution in [2.45, 2.75) is 39.3 Å². The predicted octanol–water partition coefficient (Wildman–Crippen LogP) is 4.76. The van der Waals surface area contributed by atoms with Gasteiger partial charge in [-0.2, -0.15) is 0 Å². The van der Waals surface area contributed by atoms with Crippen LogP contribution in [-0.2, 0) is 0 Å². The van der Waals surface area contributed by atoms with E-state index in [1.807, 2.05) is 6.92 Å². The Morgan fingerprint density at radius 3 is 2.29 bits per heavy atom. The maximum Gasteiger partial charge on any atom is 0.142 e. The Balaban J connectivity index is 2.85. The minimum absolute atomic E-state index is 0.0343. The van der Waals surface area contributed by atoms with Crippen LogP contribution in [-0.4, -0.2) is 31.6 Å². The molecule has 1 N–H and O–H groups in total. The highest BCUT2D eigenvalue weighted by Crippen LogP contribution is 2.29. The van der Waals surface area contributed by atoms with Crippen molar-refractivity contribution in [3.8, 4) is 0 Å². The maximum absolute atomic E-state index is 13.7. The van der Waals surface area contributed by atoms with Gasteiger partial charge in [-0.15, -0.1) is 0 Å². The molecule has 0 aliphatic heterocycles. The van der Waals surface area contributed by atoms with Gasteiger partial charge in [-0.05, 0) is 51.1 Å². The SMILES string of the molecule is CC(C)CC(CN(C)C)NC(C)c1cc(F)c(Cl)cc1Cl. The molecule has 0 bridgehead atoms. The highest BCUT2D eigenvalue weighted by atomic mass is 35.5. The first-order valence-corrected chi connectivity index (χ1v) is 8.01. The maximum atomic E-state index is 13.7. The van der Waals surface area contributed by atoms with E-state index in [-0.39, 0.29) is 11.1 Å². The van der Waals surface area contributed by atoms with Gasteiger partial charge in [0.05, 0.1) is 5.02 Å². The highest BCUT2D eigenvalue weighted by Gasteiger charge is 2.18. The van der Waals surface area contributed by atoms with E-state index in [9.17, 15) is 4.39 Å². The fourth-order valence-corrected chi connectivity index (χ4v) is 3.07. The molecule has 0 aliphatic carbocycles. The zero-order valence-electron chi connectivity index (χ0n) is 13.4. The summed E-state index contributed by atoms with van der Waals surface area (Å²) in [6, 6.07) is 3.18. The van der Waals surface area contributed by atoms with Crippen molar-refractivity contribution in [2.75, 3.05) is 20.6 Å². The van der Waals surface area contributed by atoms with E-state index >= 15 is 0 Å². The second kappa shape index (κ2) is 8.33. The second-order valence-corrected chi connectivity index (χ2v) is 7.08. The molecule has 2 unspecified atom stereocenters. The van der Waals surface area contributed by atoms with Gasteiger partial charge in [-0.1, -0.05) is 37.0 Å². The lowest BCUT2D eigenvalue weighted by molar-refractivity contribution is 0.290. The van der Waals surface area contributed by atoms with Crippen molar-refractivity contribution in [3.05, 3.63) is 33.6 Å². The average Bonchev–Trinajstić information content (AvgIpc) is 2.31. The normalized spacial score (nSPS) is 14.8. The van der Waals surface area contributed by atoms with Crippen LogP contribution in [0.25, 0.3) is 0 Å². The van der Waals surface area contributed by atoms with E-state index in [1.165, 1.54) is 12.1 Å². The van der Waals surface area contributed by atoms with Gasteiger partial charge in [-0.3, -0.25) is 0 Å². The highest BCUT2D eigenvalue weighted by molar-refractivity contribution is 6.35. The molecule has 0 saturated carbocycles. The lowest BCUT2D eigenvalue weighted by Crippen LogP contribution is -2.40. The van der Waals surface area contributed by atoms with Gasteiger partial charge >= 0.3 is 0 Å². The summed E-state index contributed by atoms with van der Waals surface area (Å²) in [7, 11) is 4.10. The van der Waals surface area contributed by atoms with Crippen LogP contribution in [0.4, 0.5) is 4.39 Å². The minimum atomic E-state index is -0.433. The molecule has 0 amide bonds. The molecule has 120 valence electrons. The van der Waals surface area contributed by atoms with E-state index in [2.05, 4.69) is 38.2 Å². The minimum Gasteiger partial charge on any atom is -0.308 e. The third-order valence-corrected chi connectivity index (χ3v) is 3.95. The molecule has 2 nitrogen and oxygen atoms in total. The van der Waals surface area contributed by atoms with Crippen molar-refractivity contribution in [1.29, 1.82) is 0 Å². The molecule has 21 heavy (non-hydrogen) atoms. The largest absolute Gasteiger partial charge is 0.308 e. The number of rotatable bonds is 7. The fourth-order valence-electron chi connectivity index (χ4n) is 2.52. The standard InChI is InChI=1S/C16H25Cl2FN2/c1-10(2)6-12(9-21(4)5)20-11(3)13-7-16(19)15(18)8-14(13)17/h7-8,10-12,20H,6,9H2,1-5H3. The zero-order valence-corrected chi connectivity index (χ0v) is 14.9. The molecule has 0 aromatic heterocycles. The summed E-state index contributed by atoms with van der Waals surface area (Å²) in [4.78, 5) is 2.15. The van der Waals surface area contributed by atoms with Gasteiger partial charge < -0.3 is 10.2 Å². The lowest BCUT2D eigenvalue weighted by Gasteiger charge is -2.28. The number of hydrogen-bond donors (Lipinski definition) is 1. The number of likely N-dealkylation sites (N-methyl/N-ethyl adjacent to an activating group) is 1. The number of nitrogens with zero attached hydrogens (tertiary/aromatic N) is 1. The molecule has 0 saturated heterocycles. The summed E-state index contributed by atoms with van der Waals surface area (Å²) in [5, 5.41) is 4.10. The lowest BCUT2D eigenvalue weighted by atomic mass is 10.0. The van der Waals surface area contributed by atoms with Crippen LogP contribution in [0.1, 0.15) is 38.8 Å². The van der Waals surface area contributed by atoms with Crippen LogP contribution in [0.5, 0.6) is 0 Å². The van der Waals surface area contributed by atoms with Gasteiger partial charge in [-0.25, -0.2) is 4.39 Å². The van der Waals surface area contributed by atoms with Gasteiger partial charge in [0.25, 0.3) is 0 Å². The van der Waals surface area contributed by atoms with Crippen LogP contribution >= 0.6 is 23.2 Å². The molecular weight excluding hydrogens is 310 g/mol. The first-order valence-electron chi connectivity index (χ1n) is 7.26. The summed E-state index contributed by atoms with van der Waals surface area (Å²) in [5.41, 5.74) is 0.742. The molecule has 1 rings (SSSR count). The van der Waals surface area contributed by atoms with Gasteiger partial charge in [0.1, 0.15) is 5.82 Å². The smallest absolute Gasteiger partial charge is 0.142 e. The van der Waals surface area contributed by atoms with Gasteiger partial charge in [0.15, 0.2) is 0 Å². The first-order chi connectivity index (χ1) is 9.70. The Bertz CT molecular complexity index is 454. The van der Waals surface area contributed by atoms with E-state index in [0.29, 0.717) is 17.0 Å². The van der Waals surface area contributed by atoms with E-state index in [4.69, 9.17) is 23.2 Å². The summed E-state index contributed by atoms with van der Waals surface area (Å²) >= 11 is 11.9. The molecular formula is C16H25Cl2FN2. The quantitative estimate of drug-likeness (QED) is 0.723. The van der Waals surface area contributed by atoms with E-state index in [1.54, 1.807) is 0 Å². The Morgan fingerprint density at radius 1 is 1.14 bits per heavy atom. The molecule has 2 atom stereocenters. The number of hydrogen-bond acceptors (Lipinski definition) is 2. The molecule has 0 fully saturated rings. The van der Waals surface area contributed by atoms with Crippen molar-refractivity contribution >= 4 is 23.2 Å². The molecule has 1 aromatic carbocycles. The molecule has 0 spiro atoms. The summed E-state index contributed by atoms with van der Waals surface area (Å²) in [5.74, 6) is 0.157. The predicted molar refractivity (Wildman–Crippen MR) is 89.8 cm³/mol. The topological polar surface area (TPSA) is 15.3 Å². The van der Waals surface area contributed by atoms with Crippen molar-refractivity contribution < 1.29 is 4.39 Å². The van der Waals surface area contributed by atoms with E-state index in [0.717, 1.165) is 18.5 Å². The number of nitrogens with one attached hydrogen (secondary N) is 1. The third kappa shape index (κ3) is 6.11. The summed E-state index contributed by atoms with van der Waals surface area (Å²) in [6.45, 7) is 7.32. The van der Waals surface area contributed by atoms with E-state index < -0.39 is 5.82 Å². The van der Waals surface area contributed by atoms with Crippen LogP contribution in [0.15, 0.2) is 12.1 Å². The van der Waals surface area contributed by atoms with Crippen molar-refractivity contribution in [1.82, 2.24) is 10.2 Å². The summed E-state index contributed by atoms with van der Waals surface area (Å²) < 4.78 is 13.7. The molecule has 0 aliphatic rings.